The molecule has 0 saturated carbocycles. The summed E-state index contributed by atoms with van der Waals surface area (Å²) in [5.74, 6) is 0. The van der Waals surface area contributed by atoms with Crippen molar-refractivity contribution in [2.75, 3.05) is 6.61 Å². The number of aromatic nitrogens is 2. The number of H-pyrrole nitrogens is 1. The van der Waals surface area contributed by atoms with E-state index in [4.69, 9.17) is 13.9 Å². The molecule has 1 aliphatic heterocycles. The van der Waals surface area contributed by atoms with Gasteiger partial charge in [-0.2, -0.15) is 0 Å². The third-order valence-electron chi connectivity index (χ3n) is 6.12. The summed E-state index contributed by atoms with van der Waals surface area (Å²) in [5.41, 5.74) is -0.144. The summed E-state index contributed by atoms with van der Waals surface area (Å²) in [7, 11) is -2.31. The van der Waals surface area contributed by atoms with Crippen LogP contribution in [0.5, 0.6) is 0 Å². The number of nitrogens with one attached hydrogen (secondary N) is 1. The molecule has 0 amide bonds. The Labute approximate surface area is 188 Å². The number of aliphatic hydroxyl groups is 1. The highest BCUT2D eigenvalue weighted by molar-refractivity contribution is 6.74. The molecule has 1 aromatic heterocycles. The smallest absolute Gasteiger partial charge is 0.330 e. The minimum Gasteiger partial charge on any atom is -0.492 e. The highest BCUT2D eigenvalue weighted by atomic mass is 28.4. The second-order valence-electron chi connectivity index (χ2n) is 9.42. The van der Waals surface area contributed by atoms with E-state index in [1.54, 1.807) is 6.26 Å². The molecule has 2 N–H and O–H groups in total. The first-order valence-corrected chi connectivity index (χ1v) is 13.6. The molecule has 174 valence electrons. The summed E-state index contributed by atoms with van der Waals surface area (Å²) in [6.07, 6.45) is 1.86. The van der Waals surface area contributed by atoms with Crippen LogP contribution in [-0.2, 0) is 13.9 Å². The Kier molecular flexibility index (Phi) is 7.24. The maximum Gasteiger partial charge on any atom is 0.330 e. The van der Waals surface area contributed by atoms with Crippen LogP contribution in [0.4, 0.5) is 0 Å². The van der Waals surface area contributed by atoms with Crippen LogP contribution in [0.15, 0.2) is 58.4 Å². The number of hydrogen-bond donors (Lipinski definition) is 2. The van der Waals surface area contributed by atoms with E-state index in [2.05, 4.69) is 38.8 Å². The summed E-state index contributed by atoms with van der Waals surface area (Å²) >= 11 is 0. The van der Waals surface area contributed by atoms with Crippen molar-refractivity contribution in [3.05, 3.63) is 75.3 Å². The van der Waals surface area contributed by atoms with Gasteiger partial charge in [0.05, 0.1) is 12.9 Å². The molecule has 2 aromatic rings. The van der Waals surface area contributed by atoms with E-state index in [1.165, 1.54) is 16.8 Å². The van der Waals surface area contributed by atoms with Crippen molar-refractivity contribution in [3.8, 4) is 0 Å². The fourth-order valence-corrected chi connectivity index (χ4v) is 4.57. The molecule has 1 aliphatic rings. The van der Waals surface area contributed by atoms with Crippen molar-refractivity contribution in [1.29, 1.82) is 0 Å². The van der Waals surface area contributed by atoms with Gasteiger partial charge in [0.2, 0.25) is 0 Å². The normalized spacial score (nSPS) is 24.2. The van der Waals surface area contributed by atoms with Gasteiger partial charge in [0.1, 0.15) is 12.2 Å². The molecule has 9 heteroatoms. The monoisotopic (exact) mass is 460 g/mol. The van der Waals surface area contributed by atoms with Crippen molar-refractivity contribution in [2.45, 2.75) is 63.4 Å². The van der Waals surface area contributed by atoms with E-state index in [0.29, 0.717) is 0 Å². The fourth-order valence-electron chi connectivity index (χ4n) is 3.29. The topological polar surface area (TPSA) is 103 Å². The van der Waals surface area contributed by atoms with Gasteiger partial charge in [-0.25, -0.2) is 4.79 Å². The van der Waals surface area contributed by atoms with Crippen molar-refractivity contribution < 1.29 is 19.0 Å². The first-order valence-electron chi connectivity index (χ1n) is 10.7. The molecule has 1 fully saturated rings. The lowest BCUT2D eigenvalue weighted by Crippen LogP contribution is -2.50. The zero-order valence-electron chi connectivity index (χ0n) is 19.1. The van der Waals surface area contributed by atoms with Crippen LogP contribution >= 0.6 is 0 Å². The van der Waals surface area contributed by atoms with Gasteiger partial charge in [0.15, 0.2) is 20.6 Å². The van der Waals surface area contributed by atoms with Crippen molar-refractivity contribution >= 4 is 14.4 Å². The zero-order chi connectivity index (χ0) is 23.5. The predicted octanol–water partition coefficient (Wildman–Crippen LogP) is 2.87. The molecule has 1 saturated heterocycles. The Morgan fingerprint density at radius 3 is 2.44 bits per heavy atom. The Morgan fingerprint density at radius 2 is 1.84 bits per heavy atom. The minimum absolute atomic E-state index is 0.102. The number of aliphatic hydroxyl groups excluding tert-OH is 1. The van der Waals surface area contributed by atoms with Crippen LogP contribution in [0, 0.1) is 0 Å². The molecule has 2 unspecified atom stereocenters. The molecular formula is C23H32N2O6Si. The maximum atomic E-state index is 12.5. The van der Waals surface area contributed by atoms with E-state index < -0.39 is 44.1 Å². The van der Waals surface area contributed by atoms with Gasteiger partial charge in [-0.15, -0.1) is 0 Å². The molecular weight excluding hydrogens is 428 g/mol. The predicted molar refractivity (Wildman–Crippen MR) is 125 cm³/mol. The summed E-state index contributed by atoms with van der Waals surface area (Å²) in [5, 5.41) is 9.89. The van der Waals surface area contributed by atoms with Crippen LogP contribution in [0.2, 0.25) is 18.1 Å². The largest absolute Gasteiger partial charge is 0.492 e. The SMILES string of the molecule is CC(C)(C)[Si](C)(C)OC1C(OC=Cc2ccccc2)[C@H](CO)O[C@@H]1n1ccc(=O)[nH]c1=O. The van der Waals surface area contributed by atoms with Crippen LogP contribution in [-0.4, -0.2) is 47.9 Å². The van der Waals surface area contributed by atoms with Crippen LogP contribution in [0.3, 0.4) is 0 Å². The molecule has 3 rings (SSSR count). The molecule has 0 spiro atoms. The number of benzene rings is 1. The van der Waals surface area contributed by atoms with E-state index in [1.807, 2.05) is 36.4 Å². The lowest BCUT2D eigenvalue weighted by molar-refractivity contribution is -0.0540. The van der Waals surface area contributed by atoms with Gasteiger partial charge in [-0.05, 0) is 29.8 Å². The Hall–Kier alpha value is -2.46. The summed E-state index contributed by atoms with van der Waals surface area (Å²) in [4.78, 5) is 26.3. The first-order chi connectivity index (χ1) is 15.0. The Balaban J connectivity index is 1.96. The molecule has 0 bridgehead atoms. The minimum atomic E-state index is -2.31. The quantitative estimate of drug-likeness (QED) is 0.487. The average molecular weight is 461 g/mol. The average Bonchev–Trinajstić information content (AvgIpc) is 3.05. The number of ether oxygens (including phenoxy) is 2. The summed E-state index contributed by atoms with van der Waals surface area (Å²) < 4.78 is 20.0. The van der Waals surface area contributed by atoms with Crippen molar-refractivity contribution in [2.24, 2.45) is 0 Å². The first kappa shape index (κ1) is 24.2. The third kappa shape index (κ3) is 5.29. The van der Waals surface area contributed by atoms with E-state index in [-0.39, 0.29) is 11.6 Å². The highest BCUT2D eigenvalue weighted by Gasteiger charge is 2.52. The molecule has 0 aliphatic carbocycles. The van der Waals surface area contributed by atoms with Gasteiger partial charge in [-0.1, -0.05) is 51.1 Å². The maximum absolute atomic E-state index is 12.5. The van der Waals surface area contributed by atoms with Gasteiger partial charge < -0.3 is 19.0 Å². The van der Waals surface area contributed by atoms with Crippen molar-refractivity contribution in [3.63, 3.8) is 0 Å². The van der Waals surface area contributed by atoms with Gasteiger partial charge in [0, 0.05) is 12.3 Å². The molecule has 2 heterocycles. The van der Waals surface area contributed by atoms with E-state index in [9.17, 15) is 14.7 Å². The summed E-state index contributed by atoms with van der Waals surface area (Å²) in [6, 6.07) is 10.9. The standard InChI is InChI=1S/C23H32N2O6Si/c1-23(2,3)32(4,5)31-20-19(29-14-12-16-9-7-6-8-10-16)17(15-26)30-21(20)25-13-11-18(27)24-22(25)28/h6-14,17,19-21,26H,15H2,1-5H3,(H,24,27,28)/t17-,19?,20?,21-/m0/s1. The zero-order valence-corrected chi connectivity index (χ0v) is 20.1. The van der Waals surface area contributed by atoms with Crippen molar-refractivity contribution in [1.82, 2.24) is 9.55 Å². The van der Waals surface area contributed by atoms with Crippen LogP contribution in [0.1, 0.15) is 32.6 Å². The molecule has 32 heavy (non-hydrogen) atoms. The number of nitrogens with zero attached hydrogens (tertiary/aromatic N) is 1. The summed E-state index contributed by atoms with van der Waals surface area (Å²) in [6.45, 7) is 10.2. The number of aromatic amines is 1. The van der Waals surface area contributed by atoms with Crippen LogP contribution in [0.25, 0.3) is 6.08 Å². The van der Waals surface area contributed by atoms with Gasteiger partial charge in [-0.3, -0.25) is 14.3 Å². The van der Waals surface area contributed by atoms with E-state index in [0.717, 1.165) is 5.56 Å². The number of rotatable bonds is 7. The fraction of sp³-hybridized carbons (Fsp3) is 0.478. The second kappa shape index (κ2) is 9.58. The lowest BCUT2D eigenvalue weighted by Gasteiger charge is -2.40. The second-order valence-corrected chi connectivity index (χ2v) is 14.2. The van der Waals surface area contributed by atoms with Gasteiger partial charge in [0.25, 0.3) is 5.56 Å². The lowest BCUT2D eigenvalue weighted by atomic mass is 10.1. The van der Waals surface area contributed by atoms with Crippen LogP contribution < -0.4 is 11.2 Å². The third-order valence-corrected chi connectivity index (χ3v) is 10.6. The Bertz CT molecular complexity index is 1040. The molecule has 0 radical (unpaired) electrons. The van der Waals surface area contributed by atoms with E-state index >= 15 is 0 Å². The molecule has 1 aromatic carbocycles. The van der Waals surface area contributed by atoms with Gasteiger partial charge >= 0.3 is 5.69 Å². The molecule has 4 atom stereocenters. The number of hydrogen-bond acceptors (Lipinski definition) is 6. The highest BCUT2D eigenvalue weighted by Crippen LogP contribution is 2.42. The molecule has 8 nitrogen and oxygen atoms in total. The Morgan fingerprint density at radius 1 is 1.16 bits per heavy atom.